The summed E-state index contributed by atoms with van der Waals surface area (Å²) < 4.78 is 1.71. The first-order chi connectivity index (χ1) is 16.4. The normalized spacial score (nSPS) is 12.3. The molecule has 0 spiro atoms. The number of rotatable bonds is 11. The molecule has 182 valence electrons. The number of aromatic nitrogens is 2. The van der Waals surface area contributed by atoms with Gasteiger partial charge in [-0.05, 0) is 63.2 Å². The van der Waals surface area contributed by atoms with Gasteiger partial charge in [-0.25, -0.2) is 4.98 Å². The minimum absolute atomic E-state index is 0.100. The maximum absolute atomic E-state index is 13.8. The average Bonchev–Trinajstić information content (AvgIpc) is 2.85. The van der Waals surface area contributed by atoms with Crippen LogP contribution < -0.4 is 5.56 Å². The molecular formula is C28H38N4O2. The third-order valence-electron chi connectivity index (χ3n) is 6.32. The number of amides is 1. The van der Waals surface area contributed by atoms with Crippen LogP contribution in [0.1, 0.15) is 63.9 Å². The van der Waals surface area contributed by atoms with E-state index in [2.05, 4.69) is 37.8 Å². The minimum atomic E-state index is -0.299. The number of nitrogens with zero attached hydrogens (tertiary/aromatic N) is 4. The molecule has 1 aromatic heterocycles. The number of aryl methyl sites for hydroxylation is 1. The Kier molecular flexibility index (Phi) is 8.99. The van der Waals surface area contributed by atoms with Crippen LogP contribution in [0, 0.1) is 0 Å². The molecule has 34 heavy (non-hydrogen) atoms. The third kappa shape index (κ3) is 5.73. The van der Waals surface area contributed by atoms with E-state index in [1.54, 1.807) is 4.57 Å². The number of carbonyl (C=O) groups is 1. The number of benzene rings is 2. The Labute approximate surface area is 203 Å². The van der Waals surface area contributed by atoms with Crippen molar-refractivity contribution in [1.29, 1.82) is 0 Å². The van der Waals surface area contributed by atoms with Crippen LogP contribution in [0.5, 0.6) is 0 Å². The van der Waals surface area contributed by atoms with Gasteiger partial charge in [0.2, 0.25) is 5.91 Å². The minimum Gasteiger partial charge on any atom is -0.331 e. The van der Waals surface area contributed by atoms with Gasteiger partial charge in [-0.3, -0.25) is 14.2 Å². The molecule has 0 radical (unpaired) electrons. The van der Waals surface area contributed by atoms with Gasteiger partial charge in [0.1, 0.15) is 5.82 Å². The SMILES string of the molecule is CCCCC(=O)N(CCN(C)C)C(CC)c1nc2ccccc2c(=O)n1-c1ccc(CC)cc1. The van der Waals surface area contributed by atoms with E-state index in [9.17, 15) is 9.59 Å². The van der Waals surface area contributed by atoms with Crippen LogP contribution in [-0.2, 0) is 11.2 Å². The summed E-state index contributed by atoms with van der Waals surface area (Å²) in [6, 6.07) is 15.2. The summed E-state index contributed by atoms with van der Waals surface area (Å²) in [7, 11) is 4.02. The van der Waals surface area contributed by atoms with Crippen LogP contribution >= 0.6 is 0 Å². The van der Waals surface area contributed by atoms with Crippen molar-refractivity contribution >= 4 is 16.8 Å². The first-order valence-electron chi connectivity index (χ1n) is 12.5. The highest BCUT2D eigenvalue weighted by atomic mass is 16.2. The fraction of sp³-hybridized carbons (Fsp3) is 0.464. The fourth-order valence-electron chi connectivity index (χ4n) is 4.28. The lowest BCUT2D eigenvalue weighted by molar-refractivity contribution is -0.134. The van der Waals surface area contributed by atoms with Gasteiger partial charge in [-0.15, -0.1) is 0 Å². The summed E-state index contributed by atoms with van der Waals surface area (Å²) in [5.41, 5.74) is 2.55. The van der Waals surface area contributed by atoms with Crippen LogP contribution in [0.25, 0.3) is 16.6 Å². The zero-order chi connectivity index (χ0) is 24.7. The Bertz CT molecular complexity index is 1150. The summed E-state index contributed by atoms with van der Waals surface area (Å²) in [6.45, 7) is 7.61. The Morgan fingerprint density at radius 3 is 2.32 bits per heavy atom. The molecule has 0 saturated carbocycles. The fourth-order valence-corrected chi connectivity index (χ4v) is 4.28. The van der Waals surface area contributed by atoms with E-state index in [4.69, 9.17) is 4.98 Å². The van der Waals surface area contributed by atoms with Crippen LogP contribution in [0.4, 0.5) is 0 Å². The van der Waals surface area contributed by atoms with Crippen molar-refractivity contribution in [3.63, 3.8) is 0 Å². The smallest absolute Gasteiger partial charge is 0.266 e. The molecule has 1 heterocycles. The van der Waals surface area contributed by atoms with Crippen molar-refractivity contribution < 1.29 is 4.79 Å². The zero-order valence-corrected chi connectivity index (χ0v) is 21.3. The van der Waals surface area contributed by atoms with Gasteiger partial charge in [0.15, 0.2) is 0 Å². The largest absolute Gasteiger partial charge is 0.331 e. The van der Waals surface area contributed by atoms with Crippen LogP contribution in [-0.4, -0.2) is 52.4 Å². The monoisotopic (exact) mass is 462 g/mol. The van der Waals surface area contributed by atoms with E-state index in [1.165, 1.54) is 5.56 Å². The molecule has 3 aromatic rings. The maximum Gasteiger partial charge on any atom is 0.266 e. The number of unbranched alkanes of at least 4 members (excludes halogenated alkanes) is 1. The summed E-state index contributed by atoms with van der Waals surface area (Å²) >= 11 is 0. The highest BCUT2D eigenvalue weighted by Gasteiger charge is 2.28. The second-order valence-corrected chi connectivity index (χ2v) is 9.07. The van der Waals surface area contributed by atoms with Gasteiger partial charge < -0.3 is 9.80 Å². The molecule has 1 unspecified atom stereocenters. The molecular weight excluding hydrogens is 424 g/mol. The lowest BCUT2D eigenvalue weighted by atomic mass is 10.1. The molecule has 0 bridgehead atoms. The van der Waals surface area contributed by atoms with Crippen molar-refractivity contribution in [2.75, 3.05) is 27.2 Å². The predicted molar refractivity (Wildman–Crippen MR) is 140 cm³/mol. The van der Waals surface area contributed by atoms with E-state index >= 15 is 0 Å². The maximum atomic E-state index is 13.8. The van der Waals surface area contributed by atoms with Gasteiger partial charge in [0.25, 0.3) is 5.56 Å². The Morgan fingerprint density at radius 1 is 1.00 bits per heavy atom. The van der Waals surface area contributed by atoms with E-state index in [0.29, 0.717) is 36.1 Å². The van der Waals surface area contributed by atoms with E-state index in [1.807, 2.05) is 55.4 Å². The van der Waals surface area contributed by atoms with Gasteiger partial charge in [0.05, 0.1) is 22.6 Å². The molecule has 3 rings (SSSR count). The molecule has 6 heteroatoms. The van der Waals surface area contributed by atoms with Crippen molar-refractivity contribution in [3.8, 4) is 5.69 Å². The highest BCUT2D eigenvalue weighted by Crippen LogP contribution is 2.27. The summed E-state index contributed by atoms with van der Waals surface area (Å²) in [5.74, 6) is 0.741. The number of carbonyl (C=O) groups excluding carboxylic acids is 1. The quantitative estimate of drug-likeness (QED) is 0.403. The molecule has 0 saturated heterocycles. The van der Waals surface area contributed by atoms with Crippen LogP contribution in [0.3, 0.4) is 0 Å². The third-order valence-corrected chi connectivity index (χ3v) is 6.32. The van der Waals surface area contributed by atoms with Crippen LogP contribution in [0.2, 0.25) is 0 Å². The molecule has 0 aliphatic carbocycles. The Balaban J connectivity index is 2.21. The zero-order valence-electron chi connectivity index (χ0n) is 21.3. The van der Waals surface area contributed by atoms with Gasteiger partial charge in [-0.2, -0.15) is 0 Å². The van der Waals surface area contributed by atoms with E-state index < -0.39 is 0 Å². The summed E-state index contributed by atoms with van der Waals surface area (Å²) in [4.78, 5) is 36.1. The average molecular weight is 463 g/mol. The van der Waals surface area contributed by atoms with Crippen molar-refractivity contribution in [2.24, 2.45) is 0 Å². The number of hydrogen-bond donors (Lipinski definition) is 0. The first-order valence-corrected chi connectivity index (χ1v) is 12.5. The number of hydrogen-bond acceptors (Lipinski definition) is 4. The van der Waals surface area contributed by atoms with Crippen molar-refractivity contribution in [1.82, 2.24) is 19.4 Å². The first kappa shape index (κ1) is 25.6. The molecule has 1 amide bonds. The molecule has 0 aliphatic rings. The number of fused-ring (bicyclic) bond motifs is 1. The van der Waals surface area contributed by atoms with Crippen molar-refractivity contribution in [2.45, 2.75) is 58.9 Å². The van der Waals surface area contributed by atoms with Gasteiger partial charge in [-0.1, -0.05) is 51.5 Å². The lowest BCUT2D eigenvalue weighted by Crippen LogP contribution is -2.41. The molecule has 0 fully saturated rings. The Hall–Kier alpha value is -2.99. The Morgan fingerprint density at radius 2 is 1.71 bits per heavy atom. The van der Waals surface area contributed by atoms with Gasteiger partial charge in [0, 0.05) is 19.5 Å². The molecule has 0 aliphatic heterocycles. The van der Waals surface area contributed by atoms with Gasteiger partial charge >= 0.3 is 0 Å². The second kappa shape index (κ2) is 11.9. The second-order valence-electron chi connectivity index (χ2n) is 9.07. The lowest BCUT2D eigenvalue weighted by Gasteiger charge is -2.33. The highest BCUT2D eigenvalue weighted by molar-refractivity contribution is 5.79. The topological polar surface area (TPSA) is 58.4 Å². The van der Waals surface area contributed by atoms with Crippen LogP contribution in [0.15, 0.2) is 53.3 Å². The standard InChI is InChI=1S/C28H38N4O2/c1-6-9-14-26(33)31(20-19-30(4)5)25(8-3)27-29-24-13-11-10-12-23(24)28(34)32(27)22-17-15-21(7-2)16-18-22/h10-13,15-18,25H,6-9,14,19-20H2,1-5H3. The molecule has 2 aromatic carbocycles. The predicted octanol–water partition coefficient (Wildman–Crippen LogP) is 4.98. The molecule has 1 atom stereocenters. The molecule has 0 N–H and O–H groups in total. The number of para-hydroxylation sites is 1. The number of likely N-dealkylation sites (N-methyl/N-ethyl adjacent to an activating group) is 1. The van der Waals surface area contributed by atoms with E-state index in [-0.39, 0.29) is 17.5 Å². The van der Waals surface area contributed by atoms with E-state index in [0.717, 1.165) is 31.5 Å². The summed E-state index contributed by atoms with van der Waals surface area (Å²) in [6.07, 6.45) is 3.92. The summed E-state index contributed by atoms with van der Waals surface area (Å²) in [5, 5.41) is 0.581. The van der Waals surface area contributed by atoms with Crippen molar-refractivity contribution in [3.05, 3.63) is 70.3 Å². The molecule has 6 nitrogen and oxygen atoms in total.